The third-order valence-corrected chi connectivity index (χ3v) is 3.34. The standard InChI is InChI=1S/C20H20N4O/c1-15-6-5-9-17(14-15)23-13-11-19(25)20(22)18(10-12-21)24-16-7-3-2-4-8-16/h2-14,22-23H,21H2,1H3/p+1. The first-order chi connectivity index (χ1) is 12.1. The second-order valence-electron chi connectivity index (χ2n) is 5.37. The molecule has 5 N–H and O–H groups in total. The number of rotatable bonds is 7. The number of carbonyl (C=O) groups excluding carboxylic acids is 1. The molecule has 5 nitrogen and oxygen atoms in total. The molecule has 0 spiro atoms. The van der Waals surface area contributed by atoms with E-state index >= 15 is 0 Å². The highest BCUT2D eigenvalue weighted by atomic mass is 16.1. The Morgan fingerprint density at radius 2 is 1.88 bits per heavy atom. The van der Waals surface area contributed by atoms with Gasteiger partial charge in [-0.1, -0.05) is 30.3 Å². The van der Waals surface area contributed by atoms with Crippen LogP contribution < -0.4 is 11.1 Å². The van der Waals surface area contributed by atoms with Gasteiger partial charge in [-0.2, -0.15) is 0 Å². The van der Waals surface area contributed by atoms with Crippen molar-refractivity contribution in [3.05, 3.63) is 84.7 Å². The molecule has 2 aromatic carbocycles. The van der Waals surface area contributed by atoms with Gasteiger partial charge in [-0.3, -0.25) is 15.5 Å². The summed E-state index contributed by atoms with van der Waals surface area (Å²) in [4.78, 5) is 16.5. The molecule has 0 aliphatic carbocycles. The van der Waals surface area contributed by atoms with E-state index in [0.29, 0.717) is 5.69 Å². The third-order valence-electron chi connectivity index (χ3n) is 3.34. The Balaban J connectivity index is 2.09. The zero-order valence-electron chi connectivity index (χ0n) is 14.0. The molecule has 2 rings (SSSR count). The number of aryl methyl sites for hydroxylation is 1. The normalized spacial score (nSPS) is 12.0. The summed E-state index contributed by atoms with van der Waals surface area (Å²) in [6.45, 7) is 2.01. The maximum Gasteiger partial charge on any atom is 0.210 e. The fourth-order valence-corrected chi connectivity index (χ4v) is 2.14. The van der Waals surface area contributed by atoms with Crippen LogP contribution >= 0.6 is 0 Å². The number of benzene rings is 2. The maximum atomic E-state index is 12.2. The highest BCUT2D eigenvalue weighted by Crippen LogP contribution is 2.11. The van der Waals surface area contributed by atoms with Crippen molar-refractivity contribution in [2.75, 3.05) is 0 Å². The summed E-state index contributed by atoms with van der Waals surface area (Å²) in [5.74, 6) is -0.434. The van der Waals surface area contributed by atoms with Crippen molar-refractivity contribution in [2.45, 2.75) is 6.92 Å². The van der Waals surface area contributed by atoms with Crippen LogP contribution in [0.4, 0.5) is 11.4 Å². The molecule has 0 saturated carbocycles. The molecule has 0 amide bonds. The lowest BCUT2D eigenvalue weighted by atomic mass is 10.1. The number of carbonyl (C=O) groups is 1. The molecule has 0 heterocycles. The minimum absolute atomic E-state index is 0.209. The van der Waals surface area contributed by atoms with Crippen molar-refractivity contribution in [1.29, 1.82) is 5.41 Å². The highest BCUT2D eigenvalue weighted by molar-refractivity contribution is 6.70. The largest absolute Gasteiger partial charge is 0.405 e. The van der Waals surface area contributed by atoms with E-state index < -0.39 is 5.78 Å². The average Bonchev–Trinajstić information content (AvgIpc) is 2.61. The van der Waals surface area contributed by atoms with Crippen molar-refractivity contribution in [2.24, 2.45) is 10.7 Å². The second-order valence-corrected chi connectivity index (χ2v) is 5.37. The van der Waals surface area contributed by atoms with Gasteiger partial charge in [0.25, 0.3) is 0 Å². The first-order valence-corrected chi connectivity index (χ1v) is 7.83. The van der Waals surface area contributed by atoms with E-state index in [-0.39, 0.29) is 11.4 Å². The van der Waals surface area contributed by atoms with Crippen molar-refractivity contribution in [3.63, 3.8) is 0 Å². The zero-order chi connectivity index (χ0) is 18.1. The van der Waals surface area contributed by atoms with Crippen LogP contribution in [0.25, 0.3) is 0 Å². The van der Waals surface area contributed by atoms with E-state index in [2.05, 4.69) is 4.99 Å². The van der Waals surface area contributed by atoms with Gasteiger partial charge in [-0.05, 0) is 43.0 Å². The van der Waals surface area contributed by atoms with Gasteiger partial charge in [0.1, 0.15) is 17.6 Å². The molecular formula is C20H21N4O+. The third kappa shape index (κ3) is 5.67. The smallest absolute Gasteiger partial charge is 0.210 e. The van der Waals surface area contributed by atoms with Crippen LogP contribution in [-0.2, 0) is 4.79 Å². The Morgan fingerprint density at radius 1 is 1.12 bits per heavy atom. The second kappa shape index (κ2) is 9.10. The average molecular weight is 333 g/mol. The van der Waals surface area contributed by atoms with Crippen molar-refractivity contribution in [3.8, 4) is 0 Å². The summed E-state index contributed by atoms with van der Waals surface area (Å²) in [7, 11) is 0. The number of quaternary nitrogens is 1. The Morgan fingerprint density at radius 3 is 2.56 bits per heavy atom. The molecule has 126 valence electrons. The number of aliphatic imine (C=N–C) groups is 1. The Hall–Kier alpha value is -3.31. The number of ketones is 1. The van der Waals surface area contributed by atoms with E-state index in [1.54, 1.807) is 18.3 Å². The summed E-state index contributed by atoms with van der Waals surface area (Å²) in [5, 5.41) is 9.89. The molecule has 0 fully saturated rings. The topological polar surface area (TPSA) is 95.9 Å². The number of hydrogen-bond donors (Lipinski definition) is 3. The highest BCUT2D eigenvalue weighted by Gasteiger charge is 2.12. The van der Waals surface area contributed by atoms with Crippen LogP contribution in [0, 0.1) is 12.3 Å². The number of allylic oxidation sites excluding steroid dienone is 2. The quantitative estimate of drug-likeness (QED) is 0.412. The van der Waals surface area contributed by atoms with E-state index in [4.69, 9.17) is 11.1 Å². The minimum Gasteiger partial charge on any atom is -0.405 e. The Bertz CT molecular complexity index is 836. The molecule has 2 aromatic rings. The van der Waals surface area contributed by atoms with Gasteiger partial charge in [0.15, 0.2) is 0 Å². The van der Waals surface area contributed by atoms with E-state index in [1.165, 1.54) is 18.4 Å². The zero-order valence-corrected chi connectivity index (χ0v) is 14.0. The van der Waals surface area contributed by atoms with Gasteiger partial charge >= 0.3 is 0 Å². The van der Waals surface area contributed by atoms with Gasteiger partial charge in [0.2, 0.25) is 5.78 Å². The maximum absolute atomic E-state index is 12.2. The van der Waals surface area contributed by atoms with Crippen LogP contribution in [0.3, 0.4) is 0 Å². The number of nitrogens with two attached hydrogens (primary N) is 2. The molecule has 0 aromatic heterocycles. The molecule has 5 heteroatoms. The molecule has 0 saturated heterocycles. The van der Waals surface area contributed by atoms with Crippen LogP contribution in [0.5, 0.6) is 0 Å². The summed E-state index contributed by atoms with van der Waals surface area (Å²) in [5.41, 5.74) is 8.23. The Labute approximate surface area is 147 Å². The van der Waals surface area contributed by atoms with Gasteiger partial charge in [0.05, 0.1) is 11.4 Å². The van der Waals surface area contributed by atoms with Crippen molar-refractivity contribution in [1.82, 2.24) is 0 Å². The SMILES string of the molecule is Cc1cccc([NH2+]C=CC(=O)C(=N)C(C=CN)=Nc2ccccc2)c1. The van der Waals surface area contributed by atoms with Crippen molar-refractivity contribution < 1.29 is 10.1 Å². The van der Waals surface area contributed by atoms with Gasteiger partial charge in [0, 0.05) is 12.1 Å². The first-order valence-electron chi connectivity index (χ1n) is 7.83. The van der Waals surface area contributed by atoms with Crippen LogP contribution in [0.2, 0.25) is 0 Å². The number of nitrogens with one attached hydrogen (secondary N) is 1. The van der Waals surface area contributed by atoms with Gasteiger partial charge in [-0.15, -0.1) is 0 Å². The minimum atomic E-state index is -0.434. The number of nitrogens with zero attached hydrogens (tertiary/aromatic N) is 1. The summed E-state index contributed by atoms with van der Waals surface area (Å²) in [6, 6.07) is 17.1. The van der Waals surface area contributed by atoms with E-state index in [9.17, 15) is 4.79 Å². The first kappa shape index (κ1) is 18.0. The molecular weight excluding hydrogens is 312 g/mol. The van der Waals surface area contributed by atoms with E-state index in [0.717, 1.165) is 11.3 Å². The van der Waals surface area contributed by atoms with E-state index in [1.807, 2.05) is 54.7 Å². The monoisotopic (exact) mass is 333 g/mol. The molecule has 25 heavy (non-hydrogen) atoms. The van der Waals surface area contributed by atoms with Crippen LogP contribution in [0.15, 0.2) is 84.1 Å². The fraction of sp³-hybridized carbons (Fsp3) is 0.0500. The lowest BCUT2D eigenvalue weighted by Crippen LogP contribution is -2.71. The predicted octanol–water partition coefficient (Wildman–Crippen LogP) is 2.54. The van der Waals surface area contributed by atoms with Crippen LogP contribution in [-0.4, -0.2) is 17.2 Å². The van der Waals surface area contributed by atoms with Gasteiger partial charge in [-0.25, -0.2) is 4.99 Å². The fourth-order valence-electron chi connectivity index (χ4n) is 2.14. The molecule has 0 bridgehead atoms. The van der Waals surface area contributed by atoms with Crippen LogP contribution in [0.1, 0.15) is 5.56 Å². The number of para-hydroxylation sites is 1. The molecule has 0 radical (unpaired) electrons. The van der Waals surface area contributed by atoms with Gasteiger partial charge < -0.3 is 5.73 Å². The molecule has 0 atom stereocenters. The predicted molar refractivity (Wildman–Crippen MR) is 102 cm³/mol. The molecule has 0 unspecified atom stereocenters. The molecule has 0 aliphatic heterocycles. The lowest BCUT2D eigenvalue weighted by Gasteiger charge is -2.01. The lowest BCUT2D eigenvalue weighted by molar-refractivity contribution is -0.496. The number of hydrogen-bond acceptors (Lipinski definition) is 4. The summed E-state index contributed by atoms with van der Waals surface area (Å²) in [6.07, 6.45) is 5.71. The Kier molecular flexibility index (Phi) is 6.56. The summed E-state index contributed by atoms with van der Waals surface area (Å²) < 4.78 is 0. The molecule has 0 aliphatic rings. The summed E-state index contributed by atoms with van der Waals surface area (Å²) >= 11 is 0. The van der Waals surface area contributed by atoms with Crippen molar-refractivity contribution >= 4 is 28.6 Å².